The first-order valence-electron chi connectivity index (χ1n) is 7.13. The van der Waals surface area contributed by atoms with E-state index in [1.165, 1.54) is 24.2 Å². The standard InChI is InChI=1S/C15H25N3/c1-4-7-16-10-14-6-5-8-17-15(14)18-11-12(2)9-13(18)3/h5-6,8,12-13,16H,4,7,9-11H2,1-3H3. The average molecular weight is 247 g/mol. The van der Waals surface area contributed by atoms with Gasteiger partial charge >= 0.3 is 0 Å². The molecule has 1 aromatic rings. The highest BCUT2D eigenvalue weighted by molar-refractivity contribution is 5.48. The van der Waals surface area contributed by atoms with Gasteiger partial charge in [-0.3, -0.25) is 0 Å². The third kappa shape index (κ3) is 3.02. The minimum Gasteiger partial charge on any atom is -0.353 e. The molecule has 0 radical (unpaired) electrons. The number of aromatic nitrogens is 1. The molecule has 0 saturated carbocycles. The van der Waals surface area contributed by atoms with Crippen LogP contribution in [-0.4, -0.2) is 24.1 Å². The lowest BCUT2D eigenvalue weighted by molar-refractivity contribution is 0.624. The maximum Gasteiger partial charge on any atom is 0.133 e. The number of pyridine rings is 1. The number of anilines is 1. The fourth-order valence-electron chi connectivity index (χ4n) is 2.82. The molecule has 2 rings (SSSR count). The zero-order chi connectivity index (χ0) is 13.0. The molecule has 2 unspecified atom stereocenters. The predicted octanol–water partition coefficient (Wildman–Crippen LogP) is 2.82. The third-order valence-corrected chi connectivity index (χ3v) is 3.67. The van der Waals surface area contributed by atoms with Crippen LogP contribution in [0.4, 0.5) is 5.82 Å². The summed E-state index contributed by atoms with van der Waals surface area (Å²) >= 11 is 0. The highest BCUT2D eigenvalue weighted by atomic mass is 15.2. The molecule has 3 nitrogen and oxygen atoms in total. The van der Waals surface area contributed by atoms with Crippen molar-refractivity contribution in [3.63, 3.8) is 0 Å². The van der Waals surface area contributed by atoms with Crippen molar-refractivity contribution in [1.82, 2.24) is 10.3 Å². The van der Waals surface area contributed by atoms with Crippen molar-refractivity contribution >= 4 is 5.82 Å². The van der Waals surface area contributed by atoms with Gasteiger partial charge < -0.3 is 10.2 Å². The predicted molar refractivity (Wildman–Crippen MR) is 76.8 cm³/mol. The van der Waals surface area contributed by atoms with Crippen molar-refractivity contribution in [2.75, 3.05) is 18.0 Å². The Morgan fingerprint density at radius 1 is 1.44 bits per heavy atom. The fraction of sp³-hybridized carbons (Fsp3) is 0.667. The maximum absolute atomic E-state index is 4.61. The normalized spacial score (nSPS) is 23.6. The molecule has 1 aromatic heterocycles. The van der Waals surface area contributed by atoms with Gasteiger partial charge in [0.2, 0.25) is 0 Å². The van der Waals surface area contributed by atoms with Crippen molar-refractivity contribution in [1.29, 1.82) is 0 Å². The monoisotopic (exact) mass is 247 g/mol. The highest BCUT2D eigenvalue weighted by Gasteiger charge is 2.28. The molecule has 2 atom stereocenters. The van der Waals surface area contributed by atoms with Gasteiger partial charge in [-0.15, -0.1) is 0 Å². The first kappa shape index (κ1) is 13.3. The first-order valence-corrected chi connectivity index (χ1v) is 7.13. The number of nitrogens with zero attached hydrogens (tertiary/aromatic N) is 2. The molecule has 1 aliphatic heterocycles. The number of hydrogen-bond acceptors (Lipinski definition) is 3. The van der Waals surface area contributed by atoms with Crippen molar-refractivity contribution < 1.29 is 0 Å². The van der Waals surface area contributed by atoms with Crippen LogP contribution in [0.3, 0.4) is 0 Å². The van der Waals surface area contributed by atoms with E-state index in [-0.39, 0.29) is 0 Å². The molecule has 1 N–H and O–H groups in total. The van der Waals surface area contributed by atoms with Crippen LogP contribution < -0.4 is 10.2 Å². The SMILES string of the molecule is CCCNCc1cccnc1N1CC(C)CC1C. The van der Waals surface area contributed by atoms with Crippen LogP contribution in [0.15, 0.2) is 18.3 Å². The van der Waals surface area contributed by atoms with Gasteiger partial charge in [0.15, 0.2) is 0 Å². The Bertz CT molecular complexity index is 378. The molecule has 0 aromatic carbocycles. The molecule has 1 fully saturated rings. The summed E-state index contributed by atoms with van der Waals surface area (Å²) in [6, 6.07) is 4.84. The summed E-state index contributed by atoms with van der Waals surface area (Å²) in [5.41, 5.74) is 1.33. The van der Waals surface area contributed by atoms with Crippen molar-refractivity contribution in [3.05, 3.63) is 23.9 Å². The minimum absolute atomic E-state index is 0.611. The van der Waals surface area contributed by atoms with Gasteiger partial charge in [0.05, 0.1) is 0 Å². The Kier molecular flexibility index (Phi) is 4.59. The zero-order valence-corrected chi connectivity index (χ0v) is 11.8. The van der Waals surface area contributed by atoms with E-state index in [0.29, 0.717) is 6.04 Å². The van der Waals surface area contributed by atoms with E-state index < -0.39 is 0 Å². The van der Waals surface area contributed by atoms with Crippen LogP contribution in [0.1, 0.15) is 39.2 Å². The second kappa shape index (κ2) is 6.19. The minimum atomic E-state index is 0.611. The van der Waals surface area contributed by atoms with E-state index in [9.17, 15) is 0 Å². The summed E-state index contributed by atoms with van der Waals surface area (Å²) in [6.07, 6.45) is 4.36. The molecule has 0 aliphatic carbocycles. The van der Waals surface area contributed by atoms with Gasteiger partial charge in [-0.05, 0) is 38.3 Å². The largest absolute Gasteiger partial charge is 0.353 e. The van der Waals surface area contributed by atoms with E-state index in [1.54, 1.807) is 0 Å². The Morgan fingerprint density at radius 2 is 2.28 bits per heavy atom. The van der Waals surface area contributed by atoms with Crippen LogP contribution in [0.2, 0.25) is 0 Å². The van der Waals surface area contributed by atoms with E-state index in [4.69, 9.17) is 0 Å². The number of hydrogen-bond donors (Lipinski definition) is 1. The Labute approximate surface area is 111 Å². The zero-order valence-electron chi connectivity index (χ0n) is 11.8. The topological polar surface area (TPSA) is 28.2 Å². The van der Waals surface area contributed by atoms with Crippen LogP contribution >= 0.6 is 0 Å². The van der Waals surface area contributed by atoms with Crippen LogP contribution in [0.25, 0.3) is 0 Å². The third-order valence-electron chi connectivity index (χ3n) is 3.67. The fourth-order valence-corrected chi connectivity index (χ4v) is 2.82. The molecular weight excluding hydrogens is 222 g/mol. The summed E-state index contributed by atoms with van der Waals surface area (Å²) in [5.74, 6) is 1.96. The van der Waals surface area contributed by atoms with E-state index in [2.05, 4.69) is 42.0 Å². The molecule has 0 amide bonds. The Balaban J connectivity index is 2.11. The van der Waals surface area contributed by atoms with Crippen LogP contribution in [0, 0.1) is 5.92 Å². The number of nitrogens with one attached hydrogen (secondary N) is 1. The van der Waals surface area contributed by atoms with Crippen LogP contribution in [0.5, 0.6) is 0 Å². The summed E-state index contributed by atoms with van der Waals surface area (Å²) in [4.78, 5) is 7.08. The smallest absolute Gasteiger partial charge is 0.133 e. The van der Waals surface area contributed by atoms with Gasteiger partial charge in [-0.2, -0.15) is 0 Å². The average Bonchev–Trinajstić information content (AvgIpc) is 2.69. The van der Waals surface area contributed by atoms with Crippen molar-refractivity contribution in [3.8, 4) is 0 Å². The molecule has 3 heteroatoms. The van der Waals surface area contributed by atoms with Crippen LogP contribution in [-0.2, 0) is 6.54 Å². The quantitative estimate of drug-likeness (QED) is 0.811. The first-order chi connectivity index (χ1) is 8.72. The molecule has 1 aliphatic rings. The summed E-state index contributed by atoms with van der Waals surface area (Å²) in [5, 5.41) is 3.47. The molecule has 2 heterocycles. The molecular formula is C15H25N3. The van der Waals surface area contributed by atoms with E-state index >= 15 is 0 Å². The van der Waals surface area contributed by atoms with E-state index in [0.717, 1.165) is 25.6 Å². The maximum atomic E-state index is 4.61. The molecule has 18 heavy (non-hydrogen) atoms. The second-order valence-electron chi connectivity index (χ2n) is 5.51. The van der Waals surface area contributed by atoms with Gasteiger partial charge in [-0.25, -0.2) is 4.98 Å². The van der Waals surface area contributed by atoms with Gasteiger partial charge in [0.25, 0.3) is 0 Å². The lowest BCUT2D eigenvalue weighted by Gasteiger charge is -2.25. The highest BCUT2D eigenvalue weighted by Crippen LogP contribution is 2.29. The number of rotatable bonds is 5. The van der Waals surface area contributed by atoms with Crippen molar-refractivity contribution in [2.24, 2.45) is 5.92 Å². The van der Waals surface area contributed by atoms with Gasteiger partial charge in [0, 0.05) is 30.9 Å². The molecule has 0 bridgehead atoms. The summed E-state index contributed by atoms with van der Waals surface area (Å²) in [6.45, 7) is 9.96. The van der Waals surface area contributed by atoms with Crippen molar-refractivity contribution in [2.45, 2.75) is 46.2 Å². The molecule has 1 saturated heterocycles. The summed E-state index contributed by atoms with van der Waals surface area (Å²) < 4.78 is 0. The Hall–Kier alpha value is -1.09. The Morgan fingerprint density at radius 3 is 2.94 bits per heavy atom. The van der Waals surface area contributed by atoms with E-state index in [1.807, 2.05) is 12.3 Å². The summed E-state index contributed by atoms with van der Waals surface area (Å²) in [7, 11) is 0. The lowest BCUT2D eigenvalue weighted by atomic mass is 10.1. The second-order valence-corrected chi connectivity index (χ2v) is 5.51. The van der Waals surface area contributed by atoms with Gasteiger partial charge in [-0.1, -0.05) is 19.9 Å². The molecule has 100 valence electrons. The van der Waals surface area contributed by atoms with Gasteiger partial charge in [0.1, 0.15) is 5.82 Å². The lowest BCUT2D eigenvalue weighted by Crippen LogP contribution is -2.29. The molecule has 0 spiro atoms.